The highest BCUT2D eigenvalue weighted by Crippen LogP contribution is 2.29. The molecule has 3 aromatic rings. The van der Waals surface area contributed by atoms with E-state index in [2.05, 4.69) is 10.9 Å². The molecule has 0 saturated carbocycles. The molecule has 0 fully saturated rings. The monoisotopic (exact) mass is 350 g/mol. The van der Waals surface area contributed by atoms with Crippen LogP contribution in [0.15, 0.2) is 71.3 Å². The van der Waals surface area contributed by atoms with Crippen molar-refractivity contribution in [2.45, 2.75) is 6.92 Å². The predicted octanol–water partition coefficient (Wildman–Crippen LogP) is 3.10. The van der Waals surface area contributed by atoms with Crippen molar-refractivity contribution in [1.82, 2.24) is 10.9 Å². The van der Waals surface area contributed by atoms with Gasteiger partial charge in [-0.2, -0.15) is 0 Å². The number of benzene rings is 2. The average molecular weight is 350 g/mol. The zero-order valence-electron chi connectivity index (χ0n) is 14.2. The van der Waals surface area contributed by atoms with Crippen molar-refractivity contribution in [1.29, 1.82) is 0 Å². The van der Waals surface area contributed by atoms with E-state index in [9.17, 15) is 9.59 Å². The molecular formula is C20H18N2O4. The van der Waals surface area contributed by atoms with Crippen molar-refractivity contribution < 1.29 is 18.7 Å². The summed E-state index contributed by atoms with van der Waals surface area (Å²) in [7, 11) is 0. The first-order chi connectivity index (χ1) is 12.6. The first-order valence-corrected chi connectivity index (χ1v) is 8.05. The Morgan fingerprint density at radius 1 is 0.962 bits per heavy atom. The van der Waals surface area contributed by atoms with Crippen LogP contribution in [0.2, 0.25) is 0 Å². The van der Waals surface area contributed by atoms with Crippen molar-refractivity contribution >= 4 is 11.8 Å². The Labute approximate surface area is 150 Å². The van der Waals surface area contributed by atoms with Gasteiger partial charge in [-0.3, -0.25) is 20.4 Å². The van der Waals surface area contributed by atoms with E-state index < -0.39 is 11.8 Å². The van der Waals surface area contributed by atoms with Gasteiger partial charge in [0.2, 0.25) is 0 Å². The van der Waals surface area contributed by atoms with Gasteiger partial charge in [0.1, 0.15) is 5.75 Å². The first-order valence-electron chi connectivity index (χ1n) is 8.05. The molecule has 0 atom stereocenters. The molecule has 3 rings (SSSR count). The maximum absolute atomic E-state index is 11.9. The van der Waals surface area contributed by atoms with Crippen molar-refractivity contribution in [3.8, 4) is 16.9 Å². The fourth-order valence-corrected chi connectivity index (χ4v) is 2.42. The van der Waals surface area contributed by atoms with Gasteiger partial charge in [-0.05, 0) is 24.6 Å². The highest BCUT2D eigenvalue weighted by atomic mass is 16.5. The molecule has 0 bridgehead atoms. The number of hydrogen-bond acceptors (Lipinski definition) is 4. The van der Waals surface area contributed by atoms with Gasteiger partial charge in [-0.1, -0.05) is 48.5 Å². The number of furan rings is 1. The van der Waals surface area contributed by atoms with Gasteiger partial charge in [0.05, 0.1) is 6.26 Å². The SMILES string of the molecule is Cc1ccoc1C(=O)NNC(=O)COc1ccccc1-c1ccccc1. The summed E-state index contributed by atoms with van der Waals surface area (Å²) in [6.45, 7) is 1.51. The minimum Gasteiger partial charge on any atom is -0.483 e. The van der Waals surface area contributed by atoms with Gasteiger partial charge in [-0.15, -0.1) is 0 Å². The van der Waals surface area contributed by atoms with Crippen LogP contribution in [-0.2, 0) is 4.79 Å². The molecule has 0 radical (unpaired) electrons. The summed E-state index contributed by atoms with van der Waals surface area (Å²) in [6, 6.07) is 18.9. The van der Waals surface area contributed by atoms with E-state index in [0.717, 1.165) is 11.1 Å². The minimum atomic E-state index is -0.523. The lowest BCUT2D eigenvalue weighted by molar-refractivity contribution is -0.123. The highest BCUT2D eigenvalue weighted by Gasteiger charge is 2.14. The van der Waals surface area contributed by atoms with Crippen molar-refractivity contribution in [3.05, 3.63) is 78.3 Å². The Morgan fingerprint density at radius 2 is 1.69 bits per heavy atom. The second kappa shape index (κ2) is 8.02. The Hall–Kier alpha value is -3.54. The fourth-order valence-electron chi connectivity index (χ4n) is 2.42. The van der Waals surface area contributed by atoms with E-state index in [4.69, 9.17) is 9.15 Å². The molecule has 6 heteroatoms. The molecule has 0 saturated heterocycles. The largest absolute Gasteiger partial charge is 0.483 e. The van der Waals surface area contributed by atoms with Crippen molar-refractivity contribution in [2.75, 3.05) is 6.61 Å². The third-order valence-corrected chi connectivity index (χ3v) is 3.71. The first kappa shape index (κ1) is 17.3. The van der Waals surface area contributed by atoms with Gasteiger partial charge >= 0.3 is 5.91 Å². The molecule has 1 aromatic heterocycles. The van der Waals surface area contributed by atoms with Gasteiger partial charge < -0.3 is 9.15 Å². The highest BCUT2D eigenvalue weighted by molar-refractivity contribution is 5.94. The standard InChI is InChI=1S/C20H18N2O4/c1-14-11-12-25-19(14)20(24)22-21-18(23)13-26-17-10-6-5-9-16(17)15-7-3-2-4-8-15/h2-12H,13H2,1H3,(H,21,23)(H,22,24). The molecule has 1 heterocycles. The lowest BCUT2D eigenvalue weighted by atomic mass is 10.1. The Kier molecular flexibility index (Phi) is 5.34. The molecular weight excluding hydrogens is 332 g/mol. The zero-order chi connectivity index (χ0) is 18.4. The van der Waals surface area contributed by atoms with Gasteiger partial charge in [0, 0.05) is 11.1 Å². The number of hydrogen-bond donors (Lipinski definition) is 2. The molecule has 6 nitrogen and oxygen atoms in total. The number of carbonyl (C=O) groups excluding carboxylic acids is 2. The normalized spacial score (nSPS) is 10.2. The number of para-hydroxylation sites is 1. The topological polar surface area (TPSA) is 80.6 Å². The van der Waals surface area contributed by atoms with E-state index in [1.54, 1.807) is 19.1 Å². The van der Waals surface area contributed by atoms with Crippen LogP contribution in [0.3, 0.4) is 0 Å². The summed E-state index contributed by atoms with van der Waals surface area (Å²) in [6.07, 6.45) is 1.41. The molecule has 132 valence electrons. The smallest absolute Gasteiger partial charge is 0.305 e. The van der Waals surface area contributed by atoms with Gasteiger partial charge in [0.25, 0.3) is 5.91 Å². The molecule has 0 aliphatic heterocycles. The molecule has 2 amide bonds. The zero-order valence-corrected chi connectivity index (χ0v) is 14.2. The Bertz CT molecular complexity index is 903. The number of nitrogens with one attached hydrogen (secondary N) is 2. The lowest BCUT2D eigenvalue weighted by Crippen LogP contribution is -2.43. The van der Waals surface area contributed by atoms with Crippen molar-refractivity contribution in [2.24, 2.45) is 0 Å². The second-order valence-electron chi connectivity index (χ2n) is 5.59. The average Bonchev–Trinajstić information content (AvgIpc) is 3.11. The third kappa shape index (κ3) is 4.10. The fraction of sp³-hybridized carbons (Fsp3) is 0.100. The van der Waals surface area contributed by atoms with E-state index in [-0.39, 0.29) is 12.4 Å². The number of carbonyl (C=O) groups is 2. The summed E-state index contributed by atoms with van der Waals surface area (Å²) in [5.41, 5.74) is 7.16. The number of aryl methyl sites for hydroxylation is 1. The quantitative estimate of drug-likeness (QED) is 0.693. The van der Waals surface area contributed by atoms with Crippen LogP contribution in [0.5, 0.6) is 5.75 Å². The third-order valence-electron chi connectivity index (χ3n) is 3.71. The van der Waals surface area contributed by atoms with E-state index in [0.29, 0.717) is 11.3 Å². The van der Waals surface area contributed by atoms with Crippen LogP contribution in [0.1, 0.15) is 16.1 Å². The molecule has 2 aromatic carbocycles. The maximum atomic E-state index is 11.9. The molecule has 0 unspecified atom stereocenters. The number of ether oxygens (including phenoxy) is 1. The number of rotatable bonds is 5. The van der Waals surface area contributed by atoms with Crippen LogP contribution >= 0.6 is 0 Å². The van der Waals surface area contributed by atoms with Gasteiger partial charge in [-0.25, -0.2) is 0 Å². The Morgan fingerprint density at radius 3 is 2.42 bits per heavy atom. The molecule has 0 aliphatic rings. The van der Waals surface area contributed by atoms with Crippen LogP contribution in [-0.4, -0.2) is 18.4 Å². The van der Waals surface area contributed by atoms with Crippen LogP contribution in [0.4, 0.5) is 0 Å². The van der Waals surface area contributed by atoms with Crippen LogP contribution in [0.25, 0.3) is 11.1 Å². The summed E-state index contributed by atoms with van der Waals surface area (Å²) in [4.78, 5) is 23.8. The molecule has 0 aliphatic carbocycles. The summed E-state index contributed by atoms with van der Waals surface area (Å²) >= 11 is 0. The second-order valence-corrected chi connectivity index (χ2v) is 5.59. The lowest BCUT2D eigenvalue weighted by Gasteiger charge is -2.12. The number of hydrazine groups is 1. The van der Waals surface area contributed by atoms with Crippen LogP contribution in [0, 0.1) is 6.92 Å². The summed E-state index contributed by atoms with van der Waals surface area (Å²) in [5.74, 6) is -0.265. The molecule has 0 spiro atoms. The van der Waals surface area contributed by atoms with Crippen molar-refractivity contribution in [3.63, 3.8) is 0 Å². The Balaban J connectivity index is 1.57. The molecule has 2 N–H and O–H groups in total. The molecule has 26 heavy (non-hydrogen) atoms. The summed E-state index contributed by atoms with van der Waals surface area (Å²) in [5, 5.41) is 0. The number of amides is 2. The minimum absolute atomic E-state index is 0.153. The van der Waals surface area contributed by atoms with Crippen LogP contribution < -0.4 is 15.6 Å². The van der Waals surface area contributed by atoms with Gasteiger partial charge in [0.15, 0.2) is 12.4 Å². The van der Waals surface area contributed by atoms with E-state index in [1.165, 1.54) is 6.26 Å². The van der Waals surface area contributed by atoms with E-state index in [1.807, 2.05) is 48.5 Å². The van der Waals surface area contributed by atoms with E-state index >= 15 is 0 Å². The maximum Gasteiger partial charge on any atom is 0.305 e. The summed E-state index contributed by atoms with van der Waals surface area (Å²) < 4.78 is 10.7. The predicted molar refractivity (Wildman–Crippen MR) is 96.4 cm³/mol.